The molecule has 2 aromatic rings. The summed E-state index contributed by atoms with van der Waals surface area (Å²) in [5.41, 5.74) is 0.240. The predicted molar refractivity (Wildman–Crippen MR) is 92.5 cm³/mol. The molecule has 0 atom stereocenters. The molecule has 0 saturated heterocycles. The summed E-state index contributed by atoms with van der Waals surface area (Å²) in [6.45, 7) is 1.38. The molecule has 0 radical (unpaired) electrons. The van der Waals surface area contributed by atoms with Crippen molar-refractivity contribution in [2.75, 3.05) is 20.2 Å². The first-order valence-electron chi connectivity index (χ1n) is 8.06. The second-order valence-corrected chi connectivity index (χ2v) is 5.57. The summed E-state index contributed by atoms with van der Waals surface area (Å²) >= 11 is 0. The molecular weight excluding hydrogens is 347 g/mol. The molecule has 2 N–H and O–H groups in total. The summed E-state index contributed by atoms with van der Waals surface area (Å²) < 4.78 is 45.5. The fourth-order valence-corrected chi connectivity index (χ4v) is 2.31. The molecule has 6 nitrogen and oxygen atoms in total. The Morgan fingerprint density at radius 2 is 1.96 bits per heavy atom. The third-order valence-electron chi connectivity index (χ3n) is 3.49. The van der Waals surface area contributed by atoms with Crippen molar-refractivity contribution in [1.82, 2.24) is 20.4 Å². The number of guanidine groups is 1. The van der Waals surface area contributed by atoms with Crippen molar-refractivity contribution in [2.24, 2.45) is 12.0 Å². The largest absolute Gasteiger partial charge is 0.435 e. The molecule has 0 aliphatic carbocycles. The van der Waals surface area contributed by atoms with Crippen LogP contribution >= 0.6 is 0 Å². The number of aliphatic imine (C=N–C) groups is 1. The van der Waals surface area contributed by atoms with Crippen LogP contribution in [0.3, 0.4) is 0 Å². The van der Waals surface area contributed by atoms with Crippen LogP contribution in [0.1, 0.15) is 16.8 Å². The van der Waals surface area contributed by atoms with Gasteiger partial charge in [-0.05, 0) is 5.56 Å². The van der Waals surface area contributed by atoms with Gasteiger partial charge in [-0.2, -0.15) is 18.3 Å². The van der Waals surface area contributed by atoms with Crippen LogP contribution in [0.4, 0.5) is 13.2 Å². The standard InChI is InChI=1S/C17H22F3N5O/c1-21-16(22-8-9-26-12-13-6-4-3-5-7-13)23-10-14-11-25(2)24-15(14)17(18,19)20/h3-7,11H,8-10,12H2,1-2H3,(H2,21,22,23). The van der Waals surface area contributed by atoms with Gasteiger partial charge < -0.3 is 15.4 Å². The van der Waals surface area contributed by atoms with Crippen LogP contribution in [-0.2, 0) is 31.1 Å². The van der Waals surface area contributed by atoms with E-state index in [1.54, 1.807) is 7.05 Å². The van der Waals surface area contributed by atoms with Gasteiger partial charge in [0.25, 0.3) is 0 Å². The molecule has 2 rings (SSSR count). The van der Waals surface area contributed by atoms with E-state index in [0.717, 1.165) is 10.2 Å². The number of nitrogens with zero attached hydrogens (tertiary/aromatic N) is 3. The summed E-state index contributed by atoms with van der Waals surface area (Å²) in [7, 11) is 3.00. The molecule has 0 saturated carbocycles. The van der Waals surface area contributed by atoms with E-state index < -0.39 is 11.9 Å². The lowest BCUT2D eigenvalue weighted by Crippen LogP contribution is -2.38. The van der Waals surface area contributed by atoms with Gasteiger partial charge in [-0.1, -0.05) is 30.3 Å². The Kier molecular flexibility index (Phi) is 7.02. The summed E-state index contributed by atoms with van der Waals surface area (Å²) in [6.07, 6.45) is -3.15. The maximum absolute atomic E-state index is 12.9. The van der Waals surface area contributed by atoms with Gasteiger partial charge in [0.15, 0.2) is 11.7 Å². The maximum Gasteiger partial charge on any atom is 0.435 e. The SMILES string of the molecule is CN=C(NCCOCc1ccccc1)NCc1cn(C)nc1C(F)(F)F. The normalized spacial score (nSPS) is 12.3. The highest BCUT2D eigenvalue weighted by Gasteiger charge is 2.36. The summed E-state index contributed by atoms with van der Waals surface area (Å²) in [6, 6.07) is 9.76. The summed E-state index contributed by atoms with van der Waals surface area (Å²) in [5.74, 6) is 0.394. The highest BCUT2D eigenvalue weighted by atomic mass is 19.4. The first-order valence-corrected chi connectivity index (χ1v) is 8.06. The van der Waals surface area contributed by atoms with E-state index in [1.807, 2.05) is 30.3 Å². The Balaban J connectivity index is 1.75. The Morgan fingerprint density at radius 1 is 1.23 bits per heavy atom. The molecule has 0 unspecified atom stereocenters. The van der Waals surface area contributed by atoms with Crippen molar-refractivity contribution in [1.29, 1.82) is 0 Å². The van der Waals surface area contributed by atoms with Crippen molar-refractivity contribution in [3.05, 3.63) is 53.3 Å². The van der Waals surface area contributed by atoms with Crippen LogP contribution in [-0.4, -0.2) is 35.9 Å². The zero-order valence-corrected chi connectivity index (χ0v) is 14.7. The smallest absolute Gasteiger partial charge is 0.375 e. The molecule has 9 heteroatoms. The number of rotatable bonds is 7. The van der Waals surface area contributed by atoms with Gasteiger partial charge in [0.2, 0.25) is 0 Å². The molecule has 26 heavy (non-hydrogen) atoms. The number of halogens is 3. The van der Waals surface area contributed by atoms with Crippen molar-refractivity contribution in [3.63, 3.8) is 0 Å². The van der Waals surface area contributed by atoms with Crippen LogP contribution in [0.25, 0.3) is 0 Å². The van der Waals surface area contributed by atoms with E-state index in [9.17, 15) is 13.2 Å². The number of ether oxygens (including phenoxy) is 1. The van der Waals surface area contributed by atoms with E-state index in [2.05, 4.69) is 20.7 Å². The molecule has 0 spiro atoms. The zero-order valence-electron chi connectivity index (χ0n) is 14.7. The Hall–Kier alpha value is -2.55. The monoisotopic (exact) mass is 369 g/mol. The van der Waals surface area contributed by atoms with Gasteiger partial charge in [-0.25, -0.2) is 0 Å². The minimum absolute atomic E-state index is 0.0345. The van der Waals surface area contributed by atoms with Crippen LogP contribution in [0.2, 0.25) is 0 Å². The lowest BCUT2D eigenvalue weighted by atomic mass is 10.2. The van der Waals surface area contributed by atoms with Gasteiger partial charge in [0.1, 0.15) is 0 Å². The van der Waals surface area contributed by atoms with E-state index >= 15 is 0 Å². The average molecular weight is 369 g/mol. The number of alkyl halides is 3. The van der Waals surface area contributed by atoms with Gasteiger partial charge in [0.05, 0.1) is 13.2 Å². The molecule has 0 fully saturated rings. The van der Waals surface area contributed by atoms with Crippen molar-refractivity contribution in [2.45, 2.75) is 19.3 Å². The molecule has 1 heterocycles. The van der Waals surface area contributed by atoms with Crippen molar-refractivity contribution in [3.8, 4) is 0 Å². The van der Waals surface area contributed by atoms with Crippen molar-refractivity contribution < 1.29 is 17.9 Å². The number of aryl methyl sites for hydroxylation is 1. The minimum atomic E-state index is -4.49. The van der Waals surface area contributed by atoms with Crippen LogP contribution in [0, 0.1) is 0 Å². The van der Waals surface area contributed by atoms with Gasteiger partial charge >= 0.3 is 6.18 Å². The molecule has 0 amide bonds. The molecule has 1 aromatic carbocycles. The lowest BCUT2D eigenvalue weighted by Gasteiger charge is -2.12. The van der Waals surface area contributed by atoms with Crippen LogP contribution < -0.4 is 10.6 Å². The van der Waals surface area contributed by atoms with E-state index in [-0.39, 0.29) is 12.1 Å². The molecule has 1 aromatic heterocycles. The Morgan fingerprint density at radius 3 is 2.62 bits per heavy atom. The number of hydrogen-bond donors (Lipinski definition) is 2. The predicted octanol–water partition coefficient (Wildman–Crippen LogP) is 2.32. The average Bonchev–Trinajstić information content (AvgIpc) is 2.99. The fourth-order valence-electron chi connectivity index (χ4n) is 2.31. The molecule has 142 valence electrons. The lowest BCUT2D eigenvalue weighted by molar-refractivity contribution is -0.142. The Labute approximate surface area is 150 Å². The summed E-state index contributed by atoms with van der Waals surface area (Å²) in [5, 5.41) is 9.32. The number of hydrogen-bond acceptors (Lipinski definition) is 3. The molecule has 0 aliphatic rings. The number of benzene rings is 1. The van der Waals surface area contributed by atoms with E-state index in [4.69, 9.17) is 4.74 Å². The highest BCUT2D eigenvalue weighted by molar-refractivity contribution is 5.79. The topological polar surface area (TPSA) is 63.5 Å². The Bertz CT molecular complexity index is 713. The third-order valence-corrected chi connectivity index (χ3v) is 3.49. The van der Waals surface area contributed by atoms with E-state index in [0.29, 0.717) is 25.7 Å². The third kappa shape index (κ3) is 6.07. The first-order chi connectivity index (χ1) is 12.4. The molecule has 0 aliphatic heterocycles. The van der Waals surface area contributed by atoms with Crippen LogP contribution in [0.5, 0.6) is 0 Å². The molecule has 0 bridgehead atoms. The van der Waals surface area contributed by atoms with Crippen LogP contribution in [0.15, 0.2) is 41.5 Å². The second-order valence-electron chi connectivity index (χ2n) is 5.57. The van der Waals surface area contributed by atoms with E-state index in [1.165, 1.54) is 13.2 Å². The summed E-state index contributed by atoms with van der Waals surface area (Å²) in [4.78, 5) is 3.99. The number of aromatic nitrogens is 2. The number of nitrogens with one attached hydrogen (secondary N) is 2. The zero-order chi connectivity index (χ0) is 19.0. The molecular formula is C17H22F3N5O. The van der Waals surface area contributed by atoms with Gasteiger partial charge in [-0.15, -0.1) is 0 Å². The first kappa shape index (κ1) is 19.8. The van der Waals surface area contributed by atoms with Gasteiger partial charge in [-0.3, -0.25) is 9.67 Å². The van der Waals surface area contributed by atoms with Gasteiger partial charge in [0, 0.05) is 38.9 Å². The fraction of sp³-hybridized carbons (Fsp3) is 0.412. The maximum atomic E-state index is 12.9. The minimum Gasteiger partial charge on any atom is -0.375 e. The quantitative estimate of drug-likeness (QED) is 0.447. The second kappa shape index (κ2) is 9.23. The highest BCUT2D eigenvalue weighted by Crippen LogP contribution is 2.30. The van der Waals surface area contributed by atoms with Crippen molar-refractivity contribution >= 4 is 5.96 Å².